The lowest BCUT2D eigenvalue weighted by Crippen LogP contribution is -2.19. The molecule has 1 aromatic heterocycles. The lowest BCUT2D eigenvalue weighted by atomic mass is 10.2. The van der Waals surface area contributed by atoms with Gasteiger partial charge >= 0.3 is 0 Å². The van der Waals surface area contributed by atoms with Gasteiger partial charge in [0, 0.05) is 12.3 Å². The largest absolute Gasteiger partial charge is 0.493 e. The molecule has 2 rings (SSSR count). The van der Waals surface area contributed by atoms with E-state index in [1.165, 1.54) is 10.6 Å². The number of nitriles is 1. The lowest BCUT2D eigenvalue weighted by molar-refractivity contribution is 0.294. The second-order valence-corrected chi connectivity index (χ2v) is 4.39. The monoisotopic (exact) mass is 284 g/mol. The van der Waals surface area contributed by atoms with Gasteiger partial charge in [0.15, 0.2) is 11.5 Å². The molecule has 0 aliphatic rings. The van der Waals surface area contributed by atoms with E-state index in [4.69, 9.17) is 14.7 Å². The van der Waals surface area contributed by atoms with Gasteiger partial charge in [0.05, 0.1) is 19.4 Å². The summed E-state index contributed by atoms with van der Waals surface area (Å²) in [4.78, 5) is 12.1. The Bertz CT molecular complexity index is 729. The standard InChI is InChI=1S/C16H16N2O3/c1-3-9-21-14-7-6-13(10-15(14)20-2)18-8-4-5-12(11-17)16(18)19/h4-8,10H,3,9H2,1-2H3. The zero-order valence-electron chi connectivity index (χ0n) is 12.0. The molecule has 0 atom stereocenters. The van der Waals surface area contributed by atoms with E-state index in [0.29, 0.717) is 23.8 Å². The number of methoxy groups -OCH3 is 1. The molecule has 1 aromatic carbocycles. The van der Waals surface area contributed by atoms with Crippen molar-refractivity contribution < 1.29 is 9.47 Å². The number of hydrogen-bond acceptors (Lipinski definition) is 4. The predicted octanol–water partition coefficient (Wildman–Crippen LogP) is 2.51. The number of aromatic nitrogens is 1. The van der Waals surface area contributed by atoms with Gasteiger partial charge in [-0.15, -0.1) is 0 Å². The minimum Gasteiger partial charge on any atom is -0.493 e. The number of nitrogens with zero attached hydrogens (tertiary/aromatic N) is 2. The minimum absolute atomic E-state index is 0.0998. The molecule has 5 nitrogen and oxygen atoms in total. The molecule has 0 N–H and O–H groups in total. The SMILES string of the molecule is CCCOc1ccc(-n2cccc(C#N)c2=O)cc1OC. The van der Waals surface area contributed by atoms with Gasteiger partial charge in [0.25, 0.3) is 5.56 Å². The topological polar surface area (TPSA) is 64.2 Å². The molecule has 0 aliphatic heterocycles. The third-order valence-electron chi connectivity index (χ3n) is 2.95. The Morgan fingerprint density at radius 3 is 2.76 bits per heavy atom. The van der Waals surface area contributed by atoms with E-state index in [1.807, 2.05) is 13.0 Å². The smallest absolute Gasteiger partial charge is 0.272 e. The van der Waals surface area contributed by atoms with Gasteiger partial charge in [-0.05, 0) is 30.7 Å². The summed E-state index contributed by atoms with van der Waals surface area (Å²) in [7, 11) is 1.55. The van der Waals surface area contributed by atoms with Crippen molar-refractivity contribution in [2.24, 2.45) is 0 Å². The van der Waals surface area contributed by atoms with Gasteiger partial charge in [-0.3, -0.25) is 9.36 Å². The Labute approximate surface area is 123 Å². The van der Waals surface area contributed by atoms with Crippen molar-refractivity contribution >= 4 is 0 Å². The number of pyridine rings is 1. The number of benzene rings is 1. The third kappa shape index (κ3) is 3.06. The molecule has 2 aromatic rings. The van der Waals surface area contributed by atoms with E-state index < -0.39 is 0 Å². The molecule has 0 amide bonds. The highest BCUT2D eigenvalue weighted by Gasteiger charge is 2.09. The van der Waals surface area contributed by atoms with Crippen molar-refractivity contribution in [1.29, 1.82) is 5.26 Å². The van der Waals surface area contributed by atoms with E-state index in [0.717, 1.165) is 6.42 Å². The number of rotatable bonds is 5. The van der Waals surface area contributed by atoms with Gasteiger partial charge in [-0.25, -0.2) is 0 Å². The summed E-state index contributed by atoms with van der Waals surface area (Å²) in [5.74, 6) is 1.18. The van der Waals surface area contributed by atoms with Crippen LogP contribution in [-0.2, 0) is 0 Å². The van der Waals surface area contributed by atoms with Crippen molar-refractivity contribution in [3.8, 4) is 23.3 Å². The fourth-order valence-electron chi connectivity index (χ4n) is 1.92. The van der Waals surface area contributed by atoms with Gasteiger partial charge in [-0.1, -0.05) is 6.92 Å². The van der Waals surface area contributed by atoms with Crippen LogP contribution in [0.2, 0.25) is 0 Å². The van der Waals surface area contributed by atoms with Crippen LogP contribution in [0.15, 0.2) is 41.3 Å². The molecule has 0 spiro atoms. The van der Waals surface area contributed by atoms with Crippen molar-refractivity contribution in [3.05, 3.63) is 52.4 Å². The van der Waals surface area contributed by atoms with E-state index in [2.05, 4.69) is 0 Å². The zero-order chi connectivity index (χ0) is 15.2. The first-order valence-electron chi connectivity index (χ1n) is 6.64. The Morgan fingerprint density at radius 1 is 1.29 bits per heavy atom. The van der Waals surface area contributed by atoms with Crippen LogP contribution in [0.5, 0.6) is 11.5 Å². The molecule has 0 unspecified atom stereocenters. The van der Waals surface area contributed by atoms with Crippen molar-refractivity contribution in [2.45, 2.75) is 13.3 Å². The fourth-order valence-corrected chi connectivity index (χ4v) is 1.92. The molecule has 0 saturated heterocycles. The maximum Gasteiger partial charge on any atom is 0.272 e. The quantitative estimate of drug-likeness (QED) is 0.846. The second kappa shape index (κ2) is 6.62. The van der Waals surface area contributed by atoms with Gasteiger partial charge in [0.1, 0.15) is 11.6 Å². The van der Waals surface area contributed by atoms with Crippen LogP contribution in [-0.4, -0.2) is 18.3 Å². The Hall–Kier alpha value is -2.74. The summed E-state index contributed by atoms with van der Waals surface area (Å²) in [5, 5.41) is 8.92. The molecule has 108 valence electrons. The van der Waals surface area contributed by atoms with Gasteiger partial charge in [-0.2, -0.15) is 5.26 Å². The lowest BCUT2D eigenvalue weighted by Gasteiger charge is -2.12. The highest BCUT2D eigenvalue weighted by molar-refractivity contribution is 5.49. The molecule has 0 aliphatic carbocycles. The maximum atomic E-state index is 12.1. The highest BCUT2D eigenvalue weighted by atomic mass is 16.5. The summed E-state index contributed by atoms with van der Waals surface area (Å²) in [6.45, 7) is 2.62. The molecule has 21 heavy (non-hydrogen) atoms. The predicted molar refractivity (Wildman–Crippen MR) is 79.1 cm³/mol. The molecule has 0 bridgehead atoms. The van der Waals surface area contributed by atoms with Crippen LogP contribution in [0.1, 0.15) is 18.9 Å². The molecule has 0 fully saturated rings. The van der Waals surface area contributed by atoms with Crippen molar-refractivity contribution in [1.82, 2.24) is 4.57 Å². The van der Waals surface area contributed by atoms with Crippen LogP contribution >= 0.6 is 0 Å². The summed E-state index contributed by atoms with van der Waals surface area (Å²) in [6.07, 6.45) is 2.51. The van der Waals surface area contributed by atoms with E-state index in [1.54, 1.807) is 37.6 Å². The first-order chi connectivity index (χ1) is 10.2. The maximum absolute atomic E-state index is 12.1. The van der Waals surface area contributed by atoms with Crippen LogP contribution in [0.4, 0.5) is 0 Å². The molecule has 0 radical (unpaired) electrons. The number of ether oxygens (including phenoxy) is 2. The van der Waals surface area contributed by atoms with Crippen LogP contribution in [0.3, 0.4) is 0 Å². The first-order valence-corrected chi connectivity index (χ1v) is 6.64. The average Bonchev–Trinajstić information content (AvgIpc) is 2.53. The van der Waals surface area contributed by atoms with Crippen molar-refractivity contribution in [2.75, 3.05) is 13.7 Å². The van der Waals surface area contributed by atoms with E-state index in [-0.39, 0.29) is 11.1 Å². The molecule has 5 heteroatoms. The Kier molecular flexibility index (Phi) is 4.62. The average molecular weight is 284 g/mol. The van der Waals surface area contributed by atoms with E-state index in [9.17, 15) is 4.79 Å². The van der Waals surface area contributed by atoms with Crippen LogP contribution in [0.25, 0.3) is 5.69 Å². The second-order valence-electron chi connectivity index (χ2n) is 4.39. The third-order valence-corrected chi connectivity index (χ3v) is 2.95. The fraction of sp³-hybridized carbons (Fsp3) is 0.250. The summed E-state index contributed by atoms with van der Waals surface area (Å²) in [6, 6.07) is 10.3. The van der Waals surface area contributed by atoms with E-state index >= 15 is 0 Å². The summed E-state index contributed by atoms with van der Waals surface area (Å²) >= 11 is 0. The van der Waals surface area contributed by atoms with Crippen molar-refractivity contribution in [3.63, 3.8) is 0 Å². The zero-order valence-corrected chi connectivity index (χ0v) is 12.0. The molecular formula is C16H16N2O3. The summed E-state index contributed by atoms with van der Waals surface area (Å²) in [5.41, 5.74) is 0.366. The minimum atomic E-state index is -0.357. The molecule has 0 saturated carbocycles. The van der Waals surface area contributed by atoms with Crippen LogP contribution in [0, 0.1) is 11.3 Å². The summed E-state index contributed by atoms with van der Waals surface area (Å²) < 4.78 is 12.3. The Morgan fingerprint density at radius 2 is 2.10 bits per heavy atom. The van der Waals surface area contributed by atoms with Gasteiger partial charge < -0.3 is 9.47 Å². The normalized spacial score (nSPS) is 9.95. The first kappa shape index (κ1) is 14.7. The van der Waals surface area contributed by atoms with Crippen LogP contribution < -0.4 is 15.0 Å². The number of hydrogen-bond donors (Lipinski definition) is 0. The van der Waals surface area contributed by atoms with Gasteiger partial charge in [0.2, 0.25) is 0 Å². The highest BCUT2D eigenvalue weighted by Crippen LogP contribution is 2.29. The molecular weight excluding hydrogens is 268 g/mol. The Balaban J connectivity index is 2.47. The molecule has 1 heterocycles.